The molecule has 4 bridgehead atoms. The number of thioether (sulfide) groups is 1. The van der Waals surface area contributed by atoms with Crippen LogP contribution in [0.1, 0.15) is 79.6 Å². The number of carbonyl (C=O) groups is 1. The highest BCUT2D eigenvalue weighted by Gasteiger charge is 2.51. The zero-order chi connectivity index (χ0) is 29.4. The molecule has 3 N–H and O–H groups in total. The van der Waals surface area contributed by atoms with Gasteiger partial charge < -0.3 is 25.2 Å². The van der Waals surface area contributed by atoms with Crippen LogP contribution >= 0.6 is 11.8 Å². The lowest BCUT2D eigenvalue weighted by molar-refractivity contribution is -0.245. The molecule has 5 aliphatic rings. The lowest BCUT2D eigenvalue weighted by Crippen LogP contribution is -2.61. The van der Waals surface area contributed by atoms with Crippen LogP contribution in [0.2, 0.25) is 0 Å². The number of aliphatic hydroxyl groups is 1. The maximum absolute atomic E-state index is 12.9. The molecule has 4 saturated carbocycles. The molecule has 1 saturated heterocycles. The summed E-state index contributed by atoms with van der Waals surface area (Å²) in [6.07, 6.45) is 7.41. The molecule has 0 spiro atoms. The predicted molar refractivity (Wildman–Crippen MR) is 161 cm³/mol. The van der Waals surface area contributed by atoms with E-state index in [4.69, 9.17) is 9.47 Å². The Morgan fingerprint density at radius 1 is 0.953 bits per heavy atom. The molecule has 4 aliphatic carbocycles. The number of hydrogen-bond acceptors (Lipinski definition) is 8. The number of aromatic nitrogens is 4. The SMILES string of the molecule is Cn1nnnc1SC[C@H]1C[C@@H](c2ccc(CO)cc2)O[C@@H](c2ccc(CNC(=O)NC34CC5CC(CC(C5)C3)C4)cc2)O1. The number of aliphatic hydroxyl groups excluding tert-OH is 1. The molecule has 2 aromatic carbocycles. The van der Waals surface area contributed by atoms with Gasteiger partial charge in [-0.3, -0.25) is 0 Å². The summed E-state index contributed by atoms with van der Waals surface area (Å²) < 4.78 is 14.6. The Labute approximate surface area is 256 Å². The molecule has 1 aliphatic heterocycles. The van der Waals surface area contributed by atoms with Gasteiger partial charge in [-0.2, -0.15) is 0 Å². The van der Waals surface area contributed by atoms with Crippen LogP contribution in [0, 0.1) is 17.8 Å². The van der Waals surface area contributed by atoms with Crippen molar-refractivity contribution in [1.82, 2.24) is 30.8 Å². The van der Waals surface area contributed by atoms with E-state index in [1.54, 1.807) is 16.4 Å². The Balaban J connectivity index is 0.984. The first-order valence-electron chi connectivity index (χ1n) is 15.4. The van der Waals surface area contributed by atoms with Crippen molar-refractivity contribution < 1.29 is 19.4 Å². The highest BCUT2D eigenvalue weighted by molar-refractivity contribution is 7.99. The number of benzene rings is 2. The van der Waals surface area contributed by atoms with Gasteiger partial charge in [0.1, 0.15) is 0 Å². The number of amides is 2. The zero-order valence-electron chi connectivity index (χ0n) is 24.5. The average molecular weight is 605 g/mol. The van der Waals surface area contributed by atoms with Crippen molar-refractivity contribution in [3.05, 3.63) is 70.8 Å². The van der Waals surface area contributed by atoms with Crippen LogP contribution in [0.3, 0.4) is 0 Å². The second-order valence-electron chi connectivity index (χ2n) is 13.0. The highest BCUT2D eigenvalue weighted by Crippen LogP contribution is 2.55. The van der Waals surface area contributed by atoms with Gasteiger partial charge in [0, 0.05) is 36.9 Å². The molecule has 3 atom stereocenters. The minimum Gasteiger partial charge on any atom is -0.392 e. The van der Waals surface area contributed by atoms with Gasteiger partial charge in [0.25, 0.3) is 0 Å². The summed E-state index contributed by atoms with van der Waals surface area (Å²) in [6.45, 7) is 0.476. The van der Waals surface area contributed by atoms with Crippen LogP contribution in [0.4, 0.5) is 4.79 Å². The molecule has 3 aromatic rings. The lowest BCUT2D eigenvalue weighted by atomic mass is 9.53. The summed E-state index contributed by atoms with van der Waals surface area (Å²) in [5, 5.41) is 28.4. The van der Waals surface area contributed by atoms with E-state index < -0.39 is 6.29 Å². The summed E-state index contributed by atoms with van der Waals surface area (Å²) in [7, 11) is 1.82. The number of nitrogens with zero attached hydrogens (tertiary/aromatic N) is 4. The summed E-state index contributed by atoms with van der Waals surface area (Å²) in [6, 6.07) is 15.9. The summed E-state index contributed by atoms with van der Waals surface area (Å²) in [5.41, 5.74) is 3.87. The van der Waals surface area contributed by atoms with Gasteiger partial charge in [-0.25, -0.2) is 9.48 Å². The molecule has 2 heterocycles. The Bertz CT molecular complexity index is 1380. The average Bonchev–Trinajstić information content (AvgIpc) is 3.42. The standard InChI is InChI=1S/C32H40N6O4S/c1-38-31(35-36-37-38)43-19-27-13-28(25-6-4-21(18-39)5-7-25)42-29(41-27)26-8-2-20(3-9-26)17-33-30(40)34-32-14-22-10-23(15-32)12-24(11-22)16-32/h2-9,22-24,27-29,39H,10-19H2,1H3,(H2,33,34,40)/t22?,23?,24?,27-,28+,29+,32?/m1/s1. The molecule has 10 nitrogen and oxygen atoms in total. The van der Waals surface area contributed by atoms with E-state index >= 15 is 0 Å². The van der Waals surface area contributed by atoms with Crippen LogP contribution < -0.4 is 10.6 Å². The fourth-order valence-corrected chi connectivity index (χ4v) is 8.92. The number of ether oxygens (including phenoxy) is 2. The summed E-state index contributed by atoms with van der Waals surface area (Å²) in [5.74, 6) is 3.07. The number of aryl methyl sites for hydroxylation is 1. The normalized spacial score (nSPS) is 31.2. The second-order valence-corrected chi connectivity index (χ2v) is 14.0. The van der Waals surface area contributed by atoms with Gasteiger partial charge in [0.05, 0.1) is 18.8 Å². The van der Waals surface area contributed by atoms with Gasteiger partial charge in [-0.05, 0) is 83.4 Å². The second kappa shape index (κ2) is 12.2. The fraction of sp³-hybridized carbons (Fsp3) is 0.562. The highest BCUT2D eigenvalue weighted by atomic mass is 32.2. The predicted octanol–water partition coefficient (Wildman–Crippen LogP) is 4.81. The van der Waals surface area contributed by atoms with Crippen LogP contribution in [-0.2, 0) is 29.7 Å². The third kappa shape index (κ3) is 6.45. The van der Waals surface area contributed by atoms with Crippen LogP contribution in [0.25, 0.3) is 0 Å². The third-order valence-corrected chi connectivity index (χ3v) is 10.9. The quantitative estimate of drug-likeness (QED) is 0.298. The maximum Gasteiger partial charge on any atom is 0.315 e. The molecule has 0 radical (unpaired) electrons. The Hall–Kier alpha value is -2.99. The first kappa shape index (κ1) is 28.8. The van der Waals surface area contributed by atoms with Gasteiger partial charge in [0.15, 0.2) is 6.29 Å². The van der Waals surface area contributed by atoms with E-state index in [2.05, 4.69) is 26.2 Å². The van der Waals surface area contributed by atoms with Crippen LogP contribution in [-0.4, -0.2) is 48.7 Å². The van der Waals surface area contributed by atoms with E-state index in [9.17, 15) is 9.90 Å². The molecule has 0 unspecified atom stereocenters. The minimum atomic E-state index is -0.541. The number of hydrogen-bond donors (Lipinski definition) is 3. The molecular weight excluding hydrogens is 564 g/mol. The van der Waals surface area contributed by atoms with Crippen molar-refractivity contribution in [2.24, 2.45) is 24.8 Å². The van der Waals surface area contributed by atoms with E-state index in [-0.39, 0.29) is 30.4 Å². The van der Waals surface area contributed by atoms with Crippen LogP contribution in [0.5, 0.6) is 0 Å². The minimum absolute atomic E-state index is 0.00541. The fourth-order valence-electron chi connectivity index (χ4n) is 8.06. The maximum atomic E-state index is 12.9. The van der Waals surface area contributed by atoms with Crippen molar-refractivity contribution in [3.8, 4) is 0 Å². The number of nitrogens with one attached hydrogen (secondary N) is 2. The van der Waals surface area contributed by atoms with Crippen LogP contribution in [0.15, 0.2) is 53.7 Å². The molecule has 1 aromatic heterocycles. The number of carbonyl (C=O) groups excluding carboxylic acids is 1. The third-order valence-electron chi connectivity index (χ3n) is 9.72. The first-order chi connectivity index (χ1) is 20.9. The molecule has 2 amide bonds. The molecular formula is C32H40N6O4S. The van der Waals surface area contributed by atoms with Crippen molar-refractivity contribution in [2.45, 2.75) is 87.3 Å². The molecule has 5 fully saturated rings. The van der Waals surface area contributed by atoms with E-state index in [0.717, 1.165) is 64.4 Å². The van der Waals surface area contributed by atoms with Gasteiger partial charge in [-0.15, -0.1) is 5.10 Å². The first-order valence-corrected chi connectivity index (χ1v) is 16.4. The van der Waals surface area contributed by atoms with Gasteiger partial charge in [-0.1, -0.05) is 60.3 Å². The summed E-state index contributed by atoms with van der Waals surface area (Å²) >= 11 is 1.56. The smallest absolute Gasteiger partial charge is 0.315 e. The topological polar surface area (TPSA) is 123 Å². The van der Waals surface area contributed by atoms with Crippen molar-refractivity contribution >= 4 is 17.8 Å². The number of rotatable bonds is 9. The number of tetrazole rings is 1. The molecule has 11 heteroatoms. The van der Waals surface area contributed by atoms with E-state index in [1.807, 2.05) is 55.6 Å². The van der Waals surface area contributed by atoms with E-state index in [0.29, 0.717) is 18.7 Å². The van der Waals surface area contributed by atoms with E-state index in [1.165, 1.54) is 19.3 Å². The lowest BCUT2D eigenvalue weighted by Gasteiger charge is -2.56. The van der Waals surface area contributed by atoms with Gasteiger partial charge in [0.2, 0.25) is 5.16 Å². The Morgan fingerprint density at radius 2 is 1.60 bits per heavy atom. The number of urea groups is 1. The molecule has 43 heavy (non-hydrogen) atoms. The van der Waals surface area contributed by atoms with Crippen molar-refractivity contribution in [1.29, 1.82) is 0 Å². The molecule has 228 valence electrons. The summed E-state index contributed by atoms with van der Waals surface area (Å²) in [4.78, 5) is 12.9. The Kier molecular flexibility index (Phi) is 8.15. The zero-order valence-corrected chi connectivity index (χ0v) is 25.3. The van der Waals surface area contributed by atoms with Crippen molar-refractivity contribution in [3.63, 3.8) is 0 Å². The molecule has 8 rings (SSSR count). The van der Waals surface area contributed by atoms with Gasteiger partial charge >= 0.3 is 6.03 Å². The monoisotopic (exact) mass is 604 g/mol. The van der Waals surface area contributed by atoms with Crippen molar-refractivity contribution in [2.75, 3.05) is 5.75 Å². The largest absolute Gasteiger partial charge is 0.392 e. The Morgan fingerprint density at radius 3 is 2.23 bits per heavy atom.